The summed E-state index contributed by atoms with van der Waals surface area (Å²) in [6.07, 6.45) is -24.6. The highest BCUT2D eigenvalue weighted by atomic mass is 19.4. The Labute approximate surface area is 314 Å². The van der Waals surface area contributed by atoms with Crippen molar-refractivity contribution in [3.05, 3.63) is 0 Å². The van der Waals surface area contributed by atoms with Crippen LogP contribution in [0.4, 0.5) is 52.7 Å². The molecule has 0 aliphatic rings. The van der Waals surface area contributed by atoms with Crippen LogP contribution in [0.2, 0.25) is 0 Å². The predicted octanol–water partition coefficient (Wildman–Crippen LogP) is 0.192. The summed E-state index contributed by atoms with van der Waals surface area (Å²) in [5.41, 5.74) is 5.72. The molecule has 0 saturated carbocycles. The minimum absolute atomic E-state index is 0.310. The van der Waals surface area contributed by atoms with E-state index in [1.54, 1.807) is 0 Å². The normalized spacial score (nSPS) is 14.2. The fourth-order valence-corrected chi connectivity index (χ4v) is 4.32. The molecular weight excluding hydrogens is 816 g/mol. The first-order valence-corrected chi connectivity index (χ1v) is 16.6. The Morgan fingerprint density at radius 3 is 0.947 bits per heavy atom. The van der Waals surface area contributed by atoms with Gasteiger partial charge in [0.25, 0.3) is 0 Å². The summed E-state index contributed by atoms with van der Waals surface area (Å²) in [5.74, 6) is -13.8. The minimum Gasteiger partial charge on any atom is -0.348 e. The molecule has 0 spiro atoms. The molecule has 328 valence electrons. The van der Waals surface area contributed by atoms with Gasteiger partial charge in [-0.3, -0.25) is 38.4 Å². The van der Waals surface area contributed by atoms with E-state index in [2.05, 4.69) is 16.0 Å². The number of amides is 7. The number of hydrogen-bond donors (Lipinski definition) is 8. The maximum atomic E-state index is 13.4. The molecule has 9 N–H and O–H groups in total. The molecule has 0 aliphatic carbocycles. The van der Waals surface area contributed by atoms with Crippen molar-refractivity contribution in [1.29, 1.82) is 0 Å². The summed E-state index contributed by atoms with van der Waals surface area (Å²) in [4.78, 5) is 95.9. The molecule has 0 radical (unpaired) electrons. The molecule has 7 amide bonds. The van der Waals surface area contributed by atoms with Crippen LogP contribution in [0.15, 0.2) is 0 Å². The number of hydrogen-bond acceptors (Lipinski definition) is 9. The van der Waals surface area contributed by atoms with Gasteiger partial charge >= 0.3 is 48.3 Å². The Balaban J connectivity index is 6.07. The van der Waals surface area contributed by atoms with Crippen LogP contribution < -0.4 is 43.0 Å². The number of rotatable bonds is 23. The molecule has 0 aromatic carbocycles. The minimum atomic E-state index is -5.30. The van der Waals surface area contributed by atoms with Crippen LogP contribution in [-0.4, -0.2) is 122 Å². The van der Waals surface area contributed by atoms with Gasteiger partial charge < -0.3 is 43.0 Å². The van der Waals surface area contributed by atoms with Crippen LogP contribution in [0.25, 0.3) is 0 Å². The topological polar surface area (TPSA) is 247 Å². The van der Waals surface area contributed by atoms with E-state index in [4.69, 9.17) is 5.73 Å². The number of carbonyl (C=O) groups excluding carboxylic acids is 8. The molecule has 0 heterocycles. The van der Waals surface area contributed by atoms with E-state index in [0.717, 1.165) is 6.92 Å². The van der Waals surface area contributed by atoms with Crippen LogP contribution in [0.1, 0.15) is 58.3 Å². The van der Waals surface area contributed by atoms with Gasteiger partial charge in [0.1, 0.15) is 12.1 Å². The van der Waals surface area contributed by atoms with E-state index in [0.29, 0.717) is 0 Å². The maximum Gasteiger partial charge on any atom is 0.471 e. The molecule has 0 saturated heterocycles. The first-order valence-electron chi connectivity index (χ1n) is 16.6. The summed E-state index contributed by atoms with van der Waals surface area (Å²) >= 11 is 0. The van der Waals surface area contributed by atoms with Crippen molar-refractivity contribution in [2.45, 2.75) is 107 Å². The number of nitrogens with one attached hydrogen (secondary N) is 7. The lowest BCUT2D eigenvalue weighted by Gasteiger charge is -2.26. The van der Waals surface area contributed by atoms with E-state index in [1.807, 2.05) is 0 Å². The van der Waals surface area contributed by atoms with E-state index in [9.17, 15) is 91.0 Å². The second-order valence-electron chi connectivity index (χ2n) is 12.0. The second-order valence-corrected chi connectivity index (χ2v) is 12.0. The van der Waals surface area contributed by atoms with Crippen molar-refractivity contribution >= 4 is 47.1 Å². The monoisotopic (exact) mass is 856 g/mol. The number of nitrogens with two attached hydrogens (primary N) is 1. The second kappa shape index (κ2) is 23.3. The molecule has 0 aromatic heterocycles. The molecule has 0 aromatic rings. The standard InChI is InChI=1S/C29H40F12N8O8/c1-14(50)16(7-3-11-44-23(55)27(33,34)35)47-20(52)18(9-5-13-46-25(57)29(39,40)41)49-21(53)17(8-4-12-45-24(56)28(36,37)38)48-19(51)15(42)6-2-10-43-22(54)26(30,31)32/h15-18H,2-13,42H2,1H3,(H,43,54)(H,44,55)(H,45,56)(H,46,57)(H,47,52)(H,48,51)(H,49,53)/t15-,16-,17-,18-/m0/s1. The largest absolute Gasteiger partial charge is 0.471 e. The van der Waals surface area contributed by atoms with Crippen molar-refractivity contribution in [1.82, 2.24) is 37.2 Å². The van der Waals surface area contributed by atoms with Gasteiger partial charge in [-0.25, -0.2) is 0 Å². The van der Waals surface area contributed by atoms with Gasteiger partial charge in [0.05, 0.1) is 12.1 Å². The zero-order valence-corrected chi connectivity index (χ0v) is 29.7. The smallest absolute Gasteiger partial charge is 0.348 e. The van der Waals surface area contributed by atoms with Crippen molar-refractivity contribution in [2.75, 3.05) is 26.2 Å². The highest BCUT2D eigenvalue weighted by molar-refractivity contribution is 5.94. The molecule has 28 heteroatoms. The Morgan fingerprint density at radius 2 is 0.667 bits per heavy atom. The Kier molecular flexibility index (Phi) is 21.3. The zero-order chi connectivity index (χ0) is 44.4. The Hall–Kier alpha value is -4.92. The first kappa shape index (κ1) is 52.1. The number of Topliss-reactive ketones (excluding diaryl/α,β-unsaturated/α-hetero) is 1. The number of carbonyl (C=O) groups is 8. The highest BCUT2D eigenvalue weighted by Gasteiger charge is 2.41. The Bertz CT molecular complexity index is 1410. The molecule has 57 heavy (non-hydrogen) atoms. The van der Waals surface area contributed by atoms with Gasteiger partial charge in [-0.05, 0) is 58.3 Å². The molecule has 0 bridgehead atoms. The average Bonchev–Trinajstić information content (AvgIpc) is 3.07. The van der Waals surface area contributed by atoms with Crippen molar-refractivity contribution in [2.24, 2.45) is 5.73 Å². The third kappa shape index (κ3) is 21.8. The van der Waals surface area contributed by atoms with E-state index >= 15 is 0 Å². The van der Waals surface area contributed by atoms with Crippen LogP contribution >= 0.6 is 0 Å². The molecule has 0 rings (SSSR count). The summed E-state index contributed by atoms with van der Waals surface area (Å²) in [6, 6.07) is -6.68. The fraction of sp³-hybridized carbons (Fsp3) is 0.724. The van der Waals surface area contributed by atoms with Gasteiger partial charge in [-0.15, -0.1) is 0 Å². The fourth-order valence-electron chi connectivity index (χ4n) is 4.32. The van der Waals surface area contributed by atoms with Gasteiger partial charge in [-0.2, -0.15) is 52.7 Å². The van der Waals surface area contributed by atoms with Crippen LogP contribution in [0, 0.1) is 0 Å². The van der Waals surface area contributed by atoms with Gasteiger partial charge in [-0.1, -0.05) is 0 Å². The zero-order valence-electron chi connectivity index (χ0n) is 29.7. The van der Waals surface area contributed by atoms with Gasteiger partial charge in [0.2, 0.25) is 17.7 Å². The van der Waals surface area contributed by atoms with E-state index < -0.39 is 154 Å². The first-order chi connectivity index (χ1) is 26.0. The van der Waals surface area contributed by atoms with Crippen molar-refractivity contribution < 1.29 is 91.0 Å². The van der Waals surface area contributed by atoms with Gasteiger partial charge in [0, 0.05) is 26.2 Å². The summed E-state index contributed by atoms with van der Waals surface area (Å²) in [6.45, 7) is -1.77. The maximum absolute atomic E-state index is 13.4. The third-order valence-corrected chi connectivity index (χ3v) is 7.28. The lowest BCUT2D eigenvalue weighted by atomic mass is 10.0. The lowest BCUT2D eigenvalue weighted by Crippen LogP contribution is -2.57. The molecule has 4 atom stereocenters. The van der Waals surface area contributed by atoms with Gasteiger partial charge in [0.15, 0.2) is 5.78 Å². The van der Waals surface area contributed by atoms with Crippen LogP contribution in [0.3, 0.4) is 0 Å². The Morgan fingerprint density at radius 1 is 0.421 bits per heavy atom. The molecule has 16 nitrogen and oxygen atoms in total. The quantitative estimate of drug-likeness (QED) is 0.0516. The highest BCUT2D eigenvalue weighted by Crippen LogP contribution is 2.17. The number of halogens is 12. The predicted molar refractivity (Wildman–Crippen MR) is 168 cm³/mol. The summed E-state index contributed by atoms with van der Waals surface area (Å²) in [7, 11) is 0. The van der Waals surface area contributed by atoms with Crippen LogP contribution in [-0.2, 0) is 38.4 Å². The van der Waals surface area contributed by atoms with E-state index in [-0.39, 0.29) is 19.3 Å². The molecular formula is C29H40F12N8O8. The lowest BCUT2D eigenvalue weighted by molar-refractivity contribution is -0.173. The van der Waals surface area contributed by atoms with E-state index in [1.165, 1.54) is 21.3 Å². The van der Waals surface area contributed by atoms with Crippen molar-refractivity contribution in [3.8, 4) is 0 Å². The van der Waals surface area contributed by atoms with Crippen LogP contribution in [0.5, 0.6) is 0 Å². The van der Waals surface area contributed by atoms with Crippen molar-refractivity contribution in [3.63, 3.8) is 0 Å². The molecule has 0 aliphatic heterocycles. The molecule has 0 fully saturated rings. The average molecular weight is 857 g/mol. The SMILES string of the molecule is CC(=O)[C@H](CCCNC(=O)C(F)(F)F)NC(=O)[C@H](CCCNC(=O)C(F)(F)F)NC(=O)[C@H](CCCNC(=O)C(F)(F)F)NC(=O)[C@@H](N)CCCNC(=O)C(F)(F)F. The molecule has 0 unspecified atom stereocenters. The summed E-state index contributed by atoms with van der Waals surface area (Å²) in [5, 5.41) is 12.4. The number of alkyl halides is 12. The number of ketones is 1. The summed E-state index contributed by atoms with van der Waals surface area (Å²) < 4.78 is 150. The third-order valence-electron chi connectivity index (χ3n) is 7.28.